The number of nitrogens with zero attached hydrogens (tertiary/aromatic N) is 3. The van der Waals surface area contributed by atoms with Gasteiger partial charge in [0.15, 0.2) is 0 Å². The molecule has 1 aliphatic heterocycles. The first kappa shape index (κ1) is 13.5. The van der Waals surface area contributed by atoms with Gasteiger partial charge in [0, 0.05) is 42.6 Å². The van der Waals surface area contributed by atoms with Crippen molar-refractivity contribution in [2.45, 2.75) is 44.3 Å². The number of hydrogen-bond acceptors (Lipinski definition) is 5. The Kier molecular flexibility index (Phi) is 3.64. The molecule has 1 aliphatic carbocycles. The molecule has 2 heterocycles. The van der Waals surface area contributed by atoms with Crippen LogP contribution in [0.2, 0.25) is 0 Å². The maximum absolute atomic E-state index is 6.14. The normalized spacial score (nSPS) is 28.4. The largest absolute Gasteiger partial charge is 0.329 e. The Bertz CT molecular complexity index is 442. The third-order valence-corrected chi connectivity index (χ3v) is 5.76. The smallest absolute Gasteiger partial charge is 0.0798 e. The molecule has 0 amide bonds. The van der Waals surface area contributed by atoms with Crippen molar-refractivity contribution in [1.29, 1.82) is 0 Å². The first-order chi connectivity index (χ1) is 9.14. The highest BCUT2D eigenvalue weighted by atomic mass is 32.1. The van der Waals surface area contributed by atoms with Gasteiger partial charge in [0.05, 0.1) is 11.2 Å². The number of aromatic nitrogens is 1. The highest BCUT2D eigenvalue weighted by Gasteiger charge is 2.44. The van der Waals surface area contributed by atoms with Crippen LogP contribution in [0.5, 0.6) is 0 Å². The van der Waals surface area contributed by atoms with Gasteiger partial charge in [-0.1, -0.05) is 0 Å². The Balaban J connectivity index is 1.69. The van der Waals surface area contributed by atoms with Gasteiger partial charge in [-0.2, -0.15) is 0 Å². The molecule has 5 heteroatoms. The monoisotopic (exact) mass is 280 g/mol. The van der Waals surface area contributed by atoms with Crippen LogP contribution in [0.4, 0.5) is 0 Å². The van der Waals surface area contributed by atoms with Crippen molar-refractivity contribution in [3.05, 3.63) is 16.1 Å². The van der Waals surface area contributed by atoms with E-state index < -0.39 is 0 Å². The minimum atomic E-state index is 0.166. The van der Waals surface area contributed by atoms with Crippen molar-refractivity contribution >= 4 is 11.3 Å². The maximum atomic E-state index is 6.14. The first-order valence-electron chi connectivity index (χ1n) is 7.19. The second-order valence-electron chi connectivity index (χ2n) is 6.10. The maximum Gasteiger partial charge on any atom is 0.0798 e. The van der Waals surface area contributed by atoms with E-state index in [2.05, 4.69) is 28.8 Å². The lowest BCUT2D eigenvalue weighted by atomic mass is 9.96. The second kappa shape index (κ2) is 5.13. The fourth-order valence-electron chi connectivity index (χ4n) is 3.13. The molecule has 1 aromatic heterocycles. The molecule has 1 saturated carbocycles. The molecule has 1 saturated heterocycles. The minimum Gasteiger partial charge on any atom is -0.329 e. The van der Waals surface area contributed by atoms with E-state index in [4.69, 9.17) is 5.73 Å². The molecule has 1 atom stereocenters. The molecule has 0 spiro atoms. The Morgan fingerprint density at radius 2 is 2.37 bits per heavy atom. The number of thiazole rings is 1. The van der Waals surface area contributed by atoms with Crippen LogP contribution in [0.15, 0.2) is 5.51 Å². The molecule has 2 aliphatic rings. The summed E-state index contributed by atoms with van der Waals surface area (Å²) in [5.41, 5.74) is 9.42. The van der Waals surface area contributed by atoms with E-state index >= 15 is 0 Å². The summed E-state index contributed by atoms with van der Waals surface area (Å²) in [5.74, 6) is 0. The predicted octanol–water partition coefficient (Wildman–Crippen LogP) is 1.45. The zero-order valence-corrected chi connectivity index (χ0v) is 12.7. The highest BCUT2D eigenvalue weighted by Crippen LogP contribution is 2.36. The van der Waals surface area contributed by atoms with Crippen LogP contribution in [0.1, 0.15) is 29.8 Å². The van der Waals surface area contributed by atoms with E-state index in [1.807, 2.05) is 5.51 Å². The lowest BCUT2D eigenvalue weighted by Gasteiger charge is -2.38. The average Bonchev–Trinajstić information content (AvgIpc) is 3.04. The quantitative estimate of drug-likeness (QED) is 0.887. The number of rotatable bonds is 5. The van der Waals surface area contributed by atoms with Crippen molar-refractivity contribution in [3.63, 3.8) is 0 Å². The Morgan fingerprint density at radius 1 is 1.58 bits per heavy atom. The van der Waals surface area contributed by atoms with Gasteiger partial charge in [-0.15, -0.1) is 11.3 Å². The SMILES string of the molecule is Cc1ncsc1CN(C)C1(CN)CCN(C2CC2)C1. The van der Waals surface area contributed by atoms with Crippen molar-refractivity contribution in [2.24, 2.45) is 5.73 Å². The van der Waals surface area contributed by atoms with Gasteiger partial charge in [0.25, 0.3) is 0 Å². The molecular formula is C14H24N4S. The highest BCUT2D eigenvalue weighted by molar-refractivity contribution is 7.09. The summed E-state index contributed by atoms with van der Waals surface area (Å²) in [5, 5.41) is 0. The lowest BCUT2D eigenvalue weighted by Crippen LogP contribution is -2.53. The summed E-state index contributed by atoms with van der Waals surface area (Å²) in [6.07, 6.45) is 3.98. The van der Waals surface area contributed by atoms with E-state index in [-0.39, 0.29) is 5.54 Å². The molecule has 2 N–H and O–H groups in total. The van der Waals surface area contributed by atoms with E-state index in [1.54, 1.807) is 11.3 Å². The summed E-state index contributed by atoms with van der Waals surface area (Å²) in [4.78, 5) is 10.8. The summed E-state index contributed by atoms with van der Waals surface area (Å²) >= 11 is 1.76. The molecule has 106 valence electrons. The Hall–Kier alpha value is -0.490. The molecule has 0 bridgehead atoms. The van der Waals surface area contributed by atoms with Gasteiger partial charge < -0.3 is 5.73 Å². The van der Waals surface area contributed by atoms with Crippen LogP contribution in [0.25, 0.3) is 0 Å². The molecule has 0 radical (unpaired) electrons. The Labute approximate surface area is 119 Å². The molecule has 1 aromatic rings. The fraction of sp³-hybridized carbons (Fsp3) is 0.786. The number of hydrogen-bond donors (Lipinski definition) is 1. The first-order valence-corrected chi connectivity index (χ1v) is 8.07. The third-order valence-electron chi connectivity index (χ3n) is 4.84. The van der Waals surface area contributed by atoms with Gasteiger partial charge >= 0.3 is 0 Å². The minimum absolute atomic E-state index is 0.166. The van der Waals surface area contributed by atoms with Gasteiger partial charge in [-0.3, -0.25) is 9.80 Å². The average molecular weight is 280 g/mol. The van der Waals surface area contributed by atoms with Crippen LogP contribution < -0.4 is 5.73 Å². The zero-order chi connectivity index (χ0) is 13.5. The molecule has 3 rings (SSSR count). The van der Waals surface area contributed by atoms with Crippen molar-refractivity contribution in [3.8, 4) is 0 Å². The number of likely N-dealkylation sites (N-methyl/N-ethyl adjacent to an activating group) is 1. The van der Waals surface area contributed by atoms with Crippen molar-refractivity contribution in [2.75, 3.05) is 26.7 Å². The van der Waals surface area contributed by atoms with E-state index in [0.29, 0.717) is 0 Å². The van der Waals surface area contributed by atoms with E-state index in [0.717, 1.165) is 25.7 Å². The predicted molar refractivity (Wildman–Crippen MR) is 79.3 cm³/mol. The van der Waals surface area contributed by atoms with Crippen LogP contribution >= 0.6 is 11.3 Å². The molecule has 4 nitrogen and oxygen atoms in total. The summed E-state index contributed by atoms with van der Waals surface area (Å²) in [7, 11) is 2.22. The molecule has 2 fully saturated rings. The van der Waals surface area contributed by atoms with Gasteiger partial charge in [0.2, 0.25) is 0 Å². The molecule has 0 aromatic carbocycles. The number of likely N-dealkylation sites (tertiary alicyclic amines) is 1. The second-order valence-corrected chi connectivity index (χ2v) is 7.04. The third kappa shape index (κ3) is 2.57. The van der Waals surface area contributed by atoms with Crippen LogP contribution in [-0.2, 0) is 6.54 Å². The number of aryl methyl sites for hydroxylation is 1. The van der Waals surface area contributed by atoms with E-state index in [9.17, 15) is 0 Å². The topological polar surface area (TPSA) is 45.4 Å². The van der Waals surface area contributed by atoms with Gasteiger partial charge in [0.1, 0.15) is 0 Å². The van der Waals surface area contributed by atoms with Crippen LogP contribution in [0, 0.1) is 6.92 Å². The molecule has 19 heavy (non-hydrogen) atoms. The van der Waals surface area contributed by atoms with Crippen LogP contribution in [-0.4, -0.2) is 53.0 Å². The molecule has 1 unspecified atom stereocenters. The summed E-state index contributed by atoms with van der Waals surface area (Å²) < 4.78 is 0. The zero-order valence-electron chi connectivity index (χ0n) is 11.9. The summed E-state index contributed by atoms with van der Waals surface area (Å²) in [6, 6.07) is 0.854. The van der Waals surface area contributed by atoms with E-state index in [1.165, 1.54) is 36.4 Å². The molecular weight excluding hydrogens is 256 g/mol. The Morgan fingerprint density at radius 3 is 2.95 bits per heavy atom. The fourth-order valence-corrected chi connectivity index (χ4v) is 3.96. The van der Waals surface area contributed by atoms with Gasteiger partial charge in [-0.05, 0) is 33.2 Å². The van der Waals surface area contributed by atoms with Crippen molar-refractivity contribution < 1.29 is 0 Å². The van der Waals surface area contributed by atoms with Gasteiger partial charge in [-0.25, -0.2) is 4.98 Å². The number of nitrogens with two attached hydrogens (primary N) is 1. The summed E-state index contributed by atoms with van der Waals surface area (Å²) in [6.45, 7) is 6.19. The standard InChI is InChI=1S/C14H24N4S/c1-11-13(19-10-16-11)7-17(2)14(8-15)5-6-18(9-14)12-3-4-12/h10,12H,3-9,15H2,1-2H3. The lowest BCUT2D eigenvalue weighted by molar-refractivity contribution is 0.121. The van der Waals surface area contributed by atoms with Crippen molar-refractivity contribution in [1.82, 2.24) is 14.8 Å². The van der Waals surface area contributed by atoms with Crippen LogP contribution in [0.3, 0.4) is 0 Å².